The van der Waals surface area contributed by atoms with E-state index in [0.29, 0.717) is 59.2 Å². The molecule has 0 amide bonds. The summed E-state index contributed by atoms with van der Waals surface area (Å²) in [5.74, 6) is 5.47. The minimum absolute atomic E-state index is 0. The van der Waals surface area contributed by atoms with Crippen LogP contribution in [0.25, 0.3) is 22.6 Å². The van der Waals surface area contributed by atoms with Gasteiger partial charge in [-0.05, 0) is 78.2 Å². The molecule has 0 aliphatic heterocycles. The van der Waals surface area contributed by atoms with Gasteiger partial charge in [-0.15, -0.1) is 30.3 Å². The second kappa shape index (κ2) is 14.1. The standard InChI is InChI=1S/C22H42O2.C13H8NO.Ir/c1-11(2)18(12(3)4)16-9-15-10-17(19(13(5)6)14(7)8)22(24)20(15)21(16)23;1-2-6-10(7-3-1)13-14-11-8-4-5-9-12(11)15-13;/h11-24H,9-10H2,1-8H3;1-6,8-9H;/q;-1;/t15?,16-,17-,20?,21?,22?;;/m1../s1. The van der Waals surface area contributed by atoms with E-state index < -0.39 is 0 Å². The SMILES string of the molecule is CC(C)C(C(C)C)[C@H]1CC2C[C@H](C(C(C)C)C(C)C)C(O)C2C1O.[Ir].[c-]1ccccc1-c1nc2ccccc2o1. The van der Waals surface area contributed by atoms with Gasteiger partial charge in [-0.1, -0.05) is 73.1 Å². The Kier molecular flexibility index (Phi) is 11.6. The van der Waals surface area contributed by atoms with E-state index in [1.165, 1.54) is 0 Å². The summed E-state index contributed by atoms with van der Waals surface area (Å²) in [6.45, 7) is 18.3. The smallest absolute Gasteiger partial charge is 0.141 e. The molecule has 2 aliphatic carbocycles. The maximum Gasteiger partial charge on any atom is 0.141 e. The van der Waals surface area contributed by atoms with Gasteiger partial charge in [0.25, 0.3) is 0 Å². The van der Waals surface area contributed by atoms with Gasteiger partial charge in [-0.25, -0.2) is 0 Å². The van der Waals surface area contributed by atoms with Crippen LogP contribution < -0.4 is 0 Å². The fourth-order valence-electron chi connectivity index (χ4n) is 8.52. The monoisotopic (exact) mass is 725 g/mol. The van der Waals surface area contributed by atoms with Crippen molar-refractivity contribution in [3.63, 3.8) is 0 Å². The molecule has 2 aromatic carbocycles. The Balaban J connectivity index is 0.000000235. The first-order valence-corrected chi connectivity index (χ1v) is 15.2. The minimum Gasteiger partial charge on any atom is -0.481 e. The molecule has 2 saturated carbocycles. The zero-order chi connectivity index (χ0) is 28.4. The molecule has 5 rings (SSSR count). The van der Waals surface area contributed by atoms with Gasteiger partial charge >= 0.3 is 0 Å². The summed E-state index contributed by atoms with van der Waals surface area (Å²) < 4.78 is 5.61. The van der Waals surface area contributed by atoms with E-state index in [-0.39, 0.29) is 38.2 Å². The number of nitrogens with zero attached hydrogens (tertiary/aromatic N) is 1. The quantitative estimate of drug-likeness (QED) is 0.242. The summed E-state index contributed by atoms with van der Waals surface area (Å²) in [5, 5.41) is 22.2. The Morgan fingerprint density at radius 1 is 0.750 bits per heavy atom. The minimum atomic E-state index is -0.315. The Bertz CT molecular complexity index is 1090. The van der Waals surface area contributed by atoms with Crippen molar-refractivity contribution in [3.05, 3.63) is 54.6 Å². The van der Waals surface area contributed by atoms with Crippen molar-refractivity contribution in [2.24, 2.45) is 59.2 Å². The number of oxazole rings is 1. The van der Waals surface area contributed by atoms with Crippen LogP contribution >= 0.6 is 0 Å². The van der Waals surface area contributed by atoms with E-state index in [4.69, 9.17) is 4.42 Å². The molecular weight excluding hydrogens is 675 g/mol. The number of hydrogen-bond acceptors (Lipinski definition) is 4. The van der Waals surface area contributed by atoms with E-state index in [2.05, 4.69) is 66.4 Å². The molecule has 0 spiro atoms. The second-order valence-corrected chi connectivity index (χ2v) is 13.5. The number of rotatable bonds is 7. The second-order valence-electron chi connectivity index (χ2n) is 13.5. The summed E-state index contributed by atoms with van der Waals surface area (Å²) in [5.41, 5.74) is 2.57. The molecule has 2 N–H and O–H groups in total. The van der Waals surface area contributed by atoms with Crippen LogP contribution in [0.4, 0.5) is 0 Å². The third-order valence-electron chi connectivity index (χ3n) is 9.66. The summed E-state index contributed by atoms with van der Waals surface area (Å²) in [4.78, 5) is 4.39. The molecule has 4 atom stereocenters. The van der Waals surface area contributed by atoms with Gasteiger partial charge in [0, 0.05) is 26.0 Å². The third-order valence-corrected chi connectivity index (χ3v) is 9.66. The van der Waals surface area contributed by atoms with Crippen molar-refractivity contribution in [3.8, 4) is 11.5 Å². The summed E-state index contributed by atoms with van der Waals surface area (Å²) in [6, 6.07) is 18.5. The van der Waals surface area contributed by atoms with E-state index in [1.807, 2.05) is 48.5 Å². The van der Waals surface area contributed by atoms with Gasteiger partial charge in [0.2, 0.25) is 0 Å². The van der Waals surface area contributed by atoms with Crippen LogP contribution in [0.2, 0.25) is 0 Å². The van der Waals surface area contributed by atoms with Crippen LogP contribution in [-0.2, 0) is 20.1 Å². The topological polar surface area (TPSA) is 66.5 Å². The number of hydrogen-bond donors (Lipinski definition) is 2. The van der Waals surface area contributed by atoms with Crippen LogP contribution in [-0.4, -0.2) is 27.4 Å². The first-order chi connectivity index (χ1) is 18.5. The normalized spacial score (nSPS) is 26.2. The van der Waals surface area contributed by atoms with E-state index in [9.17, 15) is 10.2 Å². The Morgan fingerprint density at radius 3 is 1.68 bits per heavy atom. The molecule has 223 valence electrons. The zero-order valence-electron chi connectivity index (χ0n) is 25.5. The van der Waals surface area contributed by atoms with Crippen LogP contribution in [0.3, 0.4) is 0 Å². The summed E-state index contributed by atoms with van der Waals surface area (Å²) in [7, 11) is 0. The molecule has 3 aromatic rings. The van der Waals surface area contributed by atoms with Gasteiger partial charge in [0.05, 0.1) is 17.7 Å². The Labute approximate surface area is 255 Å². The van der Waals surface area contributed by atoms with E-state index in [0.717, 1.165) is 29.5 Å². The van der Waals surface area contributed by atoms with E-state index >= 15 is 0 Å². The molecule has 4 nitrogen and oxygen atoms in total. The van der Waals surface area contributed by atoms with Crippen molar-refractivity contribution in [1.29, 1.82) is 0 Å². The van der Waals surface area contributed by atoms with Crippen LogP contribution in [0.5, 0.6) is 0 Å². The average molecular weight is 725 g/mol. The van der Waals surface area contributed by atoms with Gasteiger partial charge < -0.3 is 14.6 Å². The molecule has 2 aliphatic rings. The molecule has 2 unspecified atom stereocenters. The third kappa shape index (κ3) is 6.92. The van der Waals surface area contributed by atoms with Crippen molar-refractivity contribution >= 4 is 11.1 Å². The number of aromatic nitrogens is 1. The molecular formula is C35H50IrNO3-. The van der Waals surface area contributed by atoms with Gasteiger partial charge in [0.1, 0.15) is 11.5 Å². The predicted octanol–water partition coefficient (Wildman–Crippen LogP) is 8.13. The molecule has 1 aromatic heterocycles. The summed E-state index contributed by atoms with van der Waals surface area (Å²) in [6.07, 6.45) is 1.60. The first kappa shape index (κ1) is 33.0. The maximum absolute atomic E-state index is 11.1. The van der Waals surface area contributed by atoms with Crippen LogP contribution in [0.1, 0.15) is 68.2 Å². The number of fused-ring (bicyclic) bond motifs is 2. The fourth-order valence-corrected chi connectivity index (χ4v) is 8.52. The molecule has 0 bridgehead atoms. The summed E-state index contributed by atoms with van der Waals surface area (Å²) >= 11 is 0. The maximum atomic E-state index is 11.1. The largest absolute Gasteiger partial charge is 0.481 e. The number of benzene rings is 2. The van der Waals surface area contributed by atoms with Crippen molar-refractivity contribution in [2.45, 2.75) is 80.4 Å². The Hall–Kier alpha value is -1.52. The number of aliphatic hydroxyl groups excluding tert-OH is 2. The molecule has 1 heterocycles. The van der Waals surface area contributed by atoms with Gasteiger partial charge in [0.15, 0.2) is 0 Å². The number of para-hydroxylation sites is 2. The van der Waals surface area contributed by atoms with Gasteiger partial charge in [-0.3, -0.25) is 4.98 Å². The predicted molar refractivity (Wildman–Crippen MR) is 160 cm³/mol. The van der Waals surface area contributed by atoms with Crippen LogP contribution in [0.15, 0.2) is 52.9 Å². The number of aliphatic hydroxyl groups is 2. The van der Waals surface area contributed by atoms with Crippen molar-refractivity contribution in [2.75, 3.05) is 0 Å². The first-order valence-electron chi connectivity index (χ1n) is 15.2. The van der Waals surface area contributed by atoms with Crippen molar-refractivity contribution in [1.82, 2.24) is 4.98 Å². The average Bonchev–Trinajstić information content (AvgIpc) is 3.53. The fraction of sp³-hybridized carbons (Fsp3) is 0.629. The zero-order valence-corrected chi connectivity index (χ0v) is 27.9. The van der Waals surface area contributed by atoms with Crippen molar-refractivity contribution < 1.29 is 34.7 Å². The van der Waals surface area contributed by atoms with Crippen LogP contribution in [0, 0.1) is 65.2 Å². The molecule has 1 radical (unpaired) electrons. The molecule has 5 heteroatoms. The molecule has 2 fully saturated rings. The molecule has 40 heavy (non-hydrogen) atoms. The van der Waals surface area contributed by atoms with Gasteiger partial charge in [-0.2, -0.15) is 0 Å². The molecule has 0 saturated heterocycles. The Morgan fingerprint density at radius 2 is 1.25 bits per heavy atom. The van der Waals surface area contributed by atoms with E-state index in [1.54, 1.807) is 0 Å².